The Balaban J connectivity index is 0.000000240. The topological polar surface area (TPSA) is 45.6 Å². The second-order valence-electron chi connectivity index (χ2n) is 8.58. The lowest BCUT2D eigenvalue weighted by Crippen LogP contribution is -2.28. The van der Waals surface area contributed by atoms with Gasteiger partial charge in [0.25, 0.3) is 0 Å². The number of hydrogen-bond acceptors (Lipinski definition) is 4. The number of nitrogens with zero attached hydrogens (tertiary/aromatic N) is 2. The number of unbranched alkanes of at least 4 members (excludes halogenated alkanes) is 4. The van der Waals surface area contributed by atoms with Crippen LogP contribution in [-0.4, -0.2) is 25.4 Å². The second kappa shape index (κ2) is 14.8. The van der Waals surface area contributed by atoms with E-state index in [9.17, 15) is 0 Å². The van der Waals surface area contributed by atoms with Crippen molar-refractivity contribution < 1.29 is 18.9 Å². The smallest absolute Gasteiger partial charge is 0.191 e. The van der Waals surface area contributed by atoms with Gasteiger partial charge in [-0.2, -0.15) is 0 Å². The third kappa shape index (κ3) is 8.41. The average molecular weight is 479 g/mol. The van der Waals surface area contributed by atoms with Gasteiger partial charge in [0.2, 0.25) is 0 Å². The molecule has 2 aromatic carbocycles. The van der Waals surface area contributed by atoms with Gasteiger partial charge in [0, 0.05) is 0 Å². The third-order valence-electron chi connectivity index (χ3n) is 5.81. The van der Waals surface area contributed by atoms with E-state index in [4.69, 9.17) is 32.1 Å². The summed E-state index contributed by atoms with van der Waals surface area (Å²) >= 11 is 0. The summed E-state index contributed by atoms with van der Waals surface area (Å²) in [5.74, 6) is 2.94. The van der Waals surface area contributed by atoms with Gasteiger partial charge in [-0.15, -0.1) is 0 Å². The van der Waals surface area contributed by atoms with E-state index in [1.807, 2.05) is 12.1 Å². The van der Waals surface area contributed by atoms with Crippen molar-refractivity contribution in [2.75, 3.05) is 13.2 Å². The van der Waals surface area contributed by atoms with Gasteiger partial charge in [-0.25, -0.2) is 9.69 Å². The molecular weight excluding hydrogens is 440 g/mol. The van der Waals surface area contributed by atoms with Crippen molar-refractivity contribution in [2.45, 2.75) is 84.8 Å². The van der Waals surface area contributed by atoms with Crippen molar-refractivity contribution in [3.8, 4) is 23.0 Å². The molecule has 2 aliphatic heterocycles. The quantitative estimate of drug-likeness (QED) is 0.282. The number of hydrogen-bond donors (Lipinski definition) is 0. The average Bonchev–Trinajstić information content (AvgIpc) is 2.88. The lowest BCUT2D eigenvalue weighted by Gasteiger charge is -2.26. The van der Waals surface area contributed by atoms with Crippen LogP contribution in [0.5, 0.6) is 23.0 Å². The molecule has 6 nitrogen and oxygen atoms in total. The van der Waals surface area contributed by atoms with Gasteiger partial charge in [0.05, 0.1) is 13.1 Å². The van der Waals surface area contributed by atoms with E-state index in [2.05, 4.69) is 23.5 Å². The summed E-state index contributed by atoms with van der Waals surface area (Å²) in [5, 5.41) is 0. The van der Waals surface area contributed by atoms with E-state index in [1.165, 1.54) is 38.5 Å². The van der Waals surface area contributed by atoms with Crippen LogP contribution in [0.4, 0.5) is 11.4 Å². The van der Waals surface area contributed by atoms with E-state index < -0.39 is 0 Å². The first-order valence-electron chi connectivity index (χ1n) is 12.3. The number of ether oxygens (including phenoxy) is 4. The highest BCUT2D eigenvalue weighted by Crippen LogP contribution is 2.37. The van der Waals surface area contributed by atoms with Crippen LogP contribution in [0.25, 0.3) is 9.69 Å². The van der Waals surface area contributed by atoms with E-state index in [0.717, 1.165) is 24.3 Å². The Morgan fingerprint density at radius 2 is 1.17 bits per heavy atom. The third-order valence-corrected chi connectivity index (χ3v) is 5.81. The van der Waals surface area contributed by atoms with Crippen molar-refractivity contribution >= 4 is 11.4 Å². The Hall–Kier alpha value is -3.38. The zero-order chi connectivity index (χ0) is 24.2. The molecule has 35 heavy (non-hydrogen) atoms. The molecule has 0 aromatic heterocycles. The van der Waals surface area contributed by atoms with Crippen LogP contribution in [0.2, 0.25) is 0 Å². The van der Waals surface area contributed by atoms with Gasteiger partial charge in [-0.05, 0) is 49.9 Å². The molecular formula is C29H38N2O4. The summed E-state index contributed by atoms with van der Waals surface area (Å²) in [5.41, 5.74) is 1.19. The normalized spacial score (nSPS) is 17.0. The highest BCUT2D eigenvalue weighted by atomic mass is 16.6. The molecule has 0 radical (unpaired) electrons. The van der Waals surface area contributed by atoms with Crippen molar-refractivity contribution in [3.63, 3.8) is 0 Å². The summed E-state index contributed by atoms with van der Waals surface area (Å²) in [7, 11) is 0. The lowest BCUT2D eigenvalue weighted by molar-refractivity contribution is 0.0830. The minimum atomic E-state index is 0. The predicted molar refractivity (Wildman–Crippen MR) is 140 cm³/mol. The fraction of sp³-hybridized carbons (Fsp3) is 0.517. The van der Waals surface area contributed by atoms with Gasteiger partial charge < -0.3 is 18.9 Å². The number of fused-ring (bicyclic) bond motifs is 2. The summed E-state index contributed by atoms with van der Waals surface area (Å²) in [4.78, 5) is 6.77. The minimum Gasteiger partial charge on any atom is -0.487 e. The van der Waals surface area contributed by atoms with Crippen LogP contribution in [0.15, 0.2) is 36.4 Å². The fourth-order valence-corrected chi connectivity index (χ4v) is 3.88. The largest absolute Gasteiger partial charge is 0.487 e. The van der Waals surface area contributed by atoms with Crippen molar-refractivity contribution in [3.05, 3.63) is 59.2 Å². The van der Waals surface area contributed by atoms with Gasteiger partial charge in [-0.1, -0.05) is 59.1 Å². The van der Waals surface area contributed by atoms with Crippen molar-refractivity contribution in [1.29, 1.82) is 0 Å². The SMILES string of the molecule is C.[C-]#[N+]c1ccc2c(c1)OC(CCCCC)CO2.[C-]#[N+]c1ccc2c(c1)OCC(CCCCC)O2. The van der Waals surface area contributed by atoms with E-state index in [1.54, 1.807) is 24.3 Å². The molecule has 0 bridgehead atoms. The molecule has 0 spiro atoms. The summed E-state index contributed by atoms with van der Waals surface area (Å²) in [6.07, 6.45) is 9.61. The van der Waals surface area contributed by atoms with E-state index in [-0.39, 0.29) is 19.6 Å². The van der Waals surface area contributed by atoms with Crippen LogP contribution in [0.1, 0.15) is 72.6 Å². The zero-order valence-corrected chi connectivity index (χ0v) is 20.2. The first kappa shape index (κ1) is 27.9. The van der Waals surface area contributed by atoms with Crippen molar-refractivity contribution in [2.24, 2.45) is 0 Å². The minimum absolute atomic E-state index is 0. The highest BCUT2D eigenvalue weighted by molar-refractivity contribution is 5.56. The molecule has 2 atom stereocenters. The standard InChI is InChI=1S/2C14H17NO2.CH4/c1-3-4-5-6-12-10-16-14-9-11(15-2)7-8-13(14)17-12;1-3-4-5-6-12-10-16-13-8-7-11(15-2)9-14(13)17-12;/h2*7-9,12H,3-6,10H2,1H3;1H4. The van der Waals surface area contributed by atoms with Crippen LogP contribution in [0.3, 0.4) is 0 Å². The molecule has 2 heterocycles. The first-order chi connectivity index (χ1) is 16.7. The summed E-state index contributed by atoms with van der Waals surface area (Å²) < 4.78 is 23.0. The predicted octanol–water partition coefficient (Wildman–Crippen LogP) is 8.55. The van der Waals surface area contributed by atoms with Gasteiger partial charge in [0.15, 0.2) is 34.4 Å². The molecule has 4 rings (SSSR count). The van der Waals surface area contributed by atoms with E-state index in [0.29, 0.717) is 36.1 Å². The van der Waals surface area contributed by atoms with Crippen LogP contribution >= 0.6 is 0 Å². The zero-order valence-electron chi connectivity index (χ0n) is 20.2. The Morgan fingerprint density at radius 3 is 1.71 bits per heavy atom. The van der Waals surface area contributed by atoms with E-state index >= 15 is 0 Å². The monoisotopic (exact) mass is 478 g/mol. The molecule has 0 saturated carbocycles. The second-order valence-corrected chi connectivity index (χ2v) is 8.58. The maximum atomic E-state index is 6.98. The molecule has 2 unspecified atom stereocenters. The van der Waals surface area contributed by atoms with Gasteiger partial charge in [0.1, 0.15) is 25.4 Å². The lowest BCUT2D eigenvalue weighted by atomic mass is 10.1. The first-order valence-corrected chi connectivity index (χ1v) is 12.3. The molecule has 0 saturated heterocycles. The number of benzene rings is 2. The van der Waals surface area contributed by atoms with Gasteiger partial charge >= 0.3 is 0 Å². The number of rotatable bonds is 8. The fourth-order valence-electron chi connectivity index (χ4n) is 3.88. The molecule has 2 aromatic rings. The molecule has 188 valence electrons. The Bertz CT molecular complexity index is 1010. The molecule has 2 aliphatic rings. The maximum absolute atomic E-state index is 6.98. The van der Waals surface area contributed by atoms with Crippen LogP contribution in [0, 0.1) is 13.1 Å². The highest BCUT2D eigenvalue weighted by Gasteiger charge is 2.21. The molecule has 6 heteroatoms. The summed E-state index contributed by atoms with van der Waals surface area (Å²) in [6.45, 7) is 19.5. The molecule has 0 amide bonds. The Labute approximate surface area is 210 Å². The Kier molecular flexibility index (Phi) is 11.8. The molecule has 0 aliphatic carbocycles. The molecule has 0 fully saturated rings. The Morgan fingerprint density at radius 1 is 0.686 bits per heavy atom. The van der Waals surface area contributed by atoms with Gasteiger partial charge in [-0.3, -0.25) is 0 Å². The van der Waals surface area contributed by atoms with Crippen molar-refractivity contribution in [1.82, 2.24) is 0 Å². The maximum Gasteiger partial charge on any atom is 0.191 e. The molecule has 0 N–H and O–H groups in total. The van der Waals surface area contributed by atoms with Crippen LogP contribution < -0.4 is 18.9 Å². The summed E-state index contributed by atoms with van der Waals surface area (Å²) in [6, 6.07) is 10.7. The van der Waals surface area contributed by atoms with Crippen LogP contribution in [-0.2, 0) is 0 Å².